The molecule has 0 atom stereocenters. The van der Waals surface area contributed by atoms with Crippen molar-refractivity contribution in [3.63, 3.8) is 0 Å². The van der Waals surface area contributed by atoms with Crippen LogP contribution in [0.25, 0.3) is 0 Å². The Morgan fingerprint density at radius 3 is 1.77 bits per heavy atom. The number of carbonyl (C=O) groups is 1. The van der Waals surface area contributed by atoms with Gasteiger partial charge in [0.25, 0.3) is 0 Å². The third-order valence-electron chi connectivity index (χ3n) is 5.74. The van der Waals surface area contributed by atoms with Crippen LogP contribution in [0.2, 0.25) is 0 Å². The van der Waals surface area contributed by atoms with Crippen LogP contribution in [0.4, 0.5) is 18.9 Å². The van der Waals surface area contributed by atoms with Gasteiger partial charge in [0.2, 0.25) is 0 Å². The first-order valence-corrected chi connectivity index (χ1v) is 10.2. The molecule has 0 aliphatic carbocycles. The molecule has 0 saturated carbocycles. The van der Waals surface area contributed by atoms with Crippen molar-refractivity contribution in [2.24, 2.45) is 0 Å². The van der Waals surface area contributed by atoms with E-state index in [4.69, 9.17) is 0 Å². The highest BCUT2D eigenvalue weighted by atomic mass is 19.1. The molecule has 3 aromatic carbocycles. The summed E-state index contributed by atoms with van der Waals surface area (Å²) in [5.74, 6) is -1.43. The van der Waals surface area contributed by atoms with Crippen LogP contribution >= 0.6 is 0 Å². The van der Waals surface area contributed by atoms with Gasteiger partial charge in [0.15, 0.2) is 5.78 Å². The summed E-state index contributed by atoms with van der Waals surface area (Å²) in [6, 6.07) is 17.2. The fourth-order valence-electron chi connectivity index (χ4n) is 4.25. The monoisotopic (exact) mass is 424 g/mol. The molecule has 0 bridgehead atoms. The Labute approximate surface area is 179 Å². The summed E-state index contributed by atoms with van der Waals surface area (Å²) in [4.78, 5) is 16.2. The second-order valence-corrected chi connectivity index (χ2v) is 7.72. The Morgan fingerprint density at radius 2 is 1.29 bits per heavy atom. The van der Waals surface area contributed by atoms with Gasteiger partial charge in [0.05, 0.1) is 17.3 Å². The zero-order valence-corrected chi connectivity index (χ0v) is 17.2. The Hall–Kier alpha value is -3.12. The van der Waals surface area contributed by atoms with Crippen molar-refractivity contribution in [3.8, 4) is 0 Å². The highest BCUT2D eigenvalue weighted by Crippen LogP contribution is 2.32. The molecule has 3 aromatic rings. The largest absolute Gasteiger partial charge is 0.368 e. The first-order valence-electron chi connectivity index (χ1n) is 10.2. The van der Waals surface area contributed by atoms with Gasteiger partial charge in [-0.25, -0.2) is 13.2 Å². The number of hydrogen-bond acceptors (Lipinski definition) is 3. The molecular formula is C25H23F3N2O. The van der Waals surface area contributed by atoms with Gasteiger partial charge in [-0.05, 0) is 54.4 Å². The fourth-order valence-corrected chi connectivity index (χ4v) is 4.25. The molecule has 1 aliphatic rings. The predicted molar refractivity (Wildman–Crippen MR) is 115 cm³/mol. The van der Waals surface area contributed by atoms with Crippen LogP contribution in [0.15, 0.2) is 66.7 Å². The predicted octanol–water partition coefficient (Wildman–Crippen LogP) is 5.22. The number of rotatable bonds is 5. The molecule has 1 fully saturated rings. The summed E-state index contributed by atoms with van der Waals surface area (Å²) < 4.78 is 41.2. The lowest BCUT2D eigenvalue weighted by Crippen LogP contribution is -2.48. The minimum Gasteiger partial charge on any atom is -0.368 e. The van der Waals surface area contributed by atoms with Gasteiger partial charge in [-0.15, -0.1) is 0 Å². The van der Waals surface area contributed by atoms with E-state index in [0.717, 1.165) is 11.1 Å². The lowest BCUT2D eigenvalue weighted by molar-refractivity contribution is 0.101. The third-order valence-corrected chi connectivity index (χ3v) is 5.74. The summed E-state index contributed by atoms with van der Waals surface area (Å²) in [5.41, 5.74) is 2.55. The van der Waals surface area contributed by atoms with Gasteiger partial charge in [-0.1, -0.05) is 30.3 Å². The molecular weight excluding hydrogens is 401 g/mol. The van der Waals surface area contributed by atoms with Gasteiger partial charge >= 0.3 is 0 Å². The molecule has 3 nitrogen and oxygen atoms in total. The van der Waals surface area contributed by atoms with Crippen LogP contribution in [-0.2, 0) is 0 Å². The van der Waals surface area contributed by atoms with Crippen LogP contribution in [0.1, 0.15) is 34.5 Å². The van der Waals surface area contributed by atoms with E-state index in [1.54, 1.807) is 36.4 Å². The van der Waals surface area contributed by atoms with Gasteiger partial charge < -0.3 is 4.90 Å². The van der Waals surface area contributed by atoms with Crippen molar-refractivity contribution in [3.05, 3.63) is 101 Å². The molecule has 0 unspecified atom stereocenters. The van der Waals surface area contributed by atoms with E-state index < -0.39 is 5.82 Å². The molecule has 0 radical (unpaired) electrons. The first-order chi connectivity index (χ1) is 14.9. The van der Waals surface area contributed by atoms with Crippen molar-refractivity contribution in [1.29, 1.82) is 0 Å². The molecule has 0 aromatic heterocycles. The van der Waals surface area contributed by atoms with Gasteiger partial charge in [0.1, 0.15) is 17.5 Å². The van der Waals surface area contributed by atoms with Crippen molar-refractivity contribution in [2.45, 2.75) is 13.0 Å². The summed E-state index contributed by atoms with van der Waals surface area (Å²) in [5, 5.41) is 0. The zero-order chi connectivity index (χ0) is 22.0. The van der Waals surface area contributed by atoms with Crippen LogP contribution < -0.4 is 4.90 Å². The summed E-state index contributed by atoms with van der Waals surface area (Å²) in [7, 11) is 0. The molecule has 31 heavy (non-hydrogen) atoms. The molecule has 4 rings (SSSR count). The van der Waals surface area contributed by atoms with Crippen molar-refractivity contribution >= 4 is 11.5 Å². The van der Waals surface area contributed by atoms with E-state index in [0.29, 0.717) is 31.9 Å². The zero-order valence-electron chi connectivity index (χ0n) is 17.2. The number of benzene rings is 3. The Bertz CT molecular complexity index is 1010. The van der Waals surface area contributed by atoms with Crippen LogP contribution in [-0.4, -0.2) is 36.9 Å². The van der Waals surface area contributed by atoms with Crippen LogP contribution in [0, 0.1) is 17.5 Å². The topological polar surface area (TPSA) is 23.6 Å². The Kier molecular flexibility index (Phi) is 6.09. The average Bonchev–Trinajstić information content (AvgIpc) is 2.76. The van der Waals surface area contributed by atoms with Gasteiger partial charge in [-0.3, -0.25) is 9.69 Å². The molecule has 1 saturated heterocycles. The number of anilines is 1. The van der Waals surface area contributed by atoms with Crippen molar-refractivity contribution in [2.75, 3.05) is 31.1 Å². The molecule has 0 amide bonds. The maximum atomic E-state index is 14.2. The number of carbonyl (C=O) groups excluding carboxylic acids is 1. The number of ketones is 1. The molecule has 0 spiro atoms. The molecule has 160 valence electrons. The van der Waals surface area contributed by atoms with Crippen molar-refractivity contribution in [1.82, 2.24) is 4.90 Å². The quantitative estimate of drug-likeness (QED) is 0.525. The van der Waals surface area contributed by atoms with Gasteiger partial charge in [-0.2, -0.15) is 0 Å². The number of halogens is 3. The van der Waals surface area contributed by atoms with E-state index in [2.05, 4.69) is 4.90 Å². The number of nitrogens with zero attached hydrogens (tertiary/aromatic N) is 2. The van der Waals surface area contributed by atoms with E-state index in [-0.39, 0.29) is 29.0 Å². The smallest absolute Gasteiger partial charge is 0.164 e. The highest BCUT2D eigenvalue weighted by molar-refractivity contribution is 6.00. The van der Waals surface area contributed by atoms with E-state index in [9.17, 15) is 18.0 Å². The normalized spacial score (nSPS) is 14.8. The molecule has 1 aliphatic heterocycles. The number of piperazine rings is 1. The number of Topliss-reactive ketones (excluding diaryl/α,β-unsaturated/α-hetero) is 1. The Morgan fingerprint density at radius 1 is 0.774 bits per heavy atom. The highest BCUT2D eigenvalue weighted by Gasteiger charge is 2.28. The summed E-state index contributed by atoms with van der Waals surface area (Å²) in [6.45, 7) is 3.86. The third kappa shape index (κ3) is 4.49. The van der Waals surface area contributed by atoms with E-state index >= 15 is 0 Å². The van der Waals surface area contributed by atoms with Crippen molar-refractivity contribution < 1.29 is 18.0 Å². The minimum absolute atomic E-state index is 0.115. The summed E-state index contributed by atoms with van der Waals surface area (Å²) >= 11 is 0. The lowest BCUT2D eigenvalue weighted by atomic mass is 9.96. The number of hydrogen-bond donors (Lipinski definition) is 0. The van der Waals surface area contributed by atoms with E-state index in [1.165, 1.54) is 37.3 Å². The molecule has 0 N–H and O–H groups in total. The second-order valence-electron chi connectivity index (χ2n) is 7.72. The maximum Gasteiger partial charge on any atom is 0.164 e. The van der Waals surface area contributed by atoms with Gasteiger partial charge in [0, 0.05) is 26.2 Å². The van der Waals surface area contributed by atoms with Crippen LogP contribution in [0.5, 0.6) is 0 Å². The van der Waals surface area contributed by atoms with E-state index in [1.807, 2.05) is 4.90 Å². The average molecular weight is 424 g/mol. The Balaban J connectivity index is 1.60. The lowest BCUT2D eigenvalue weighted by Gasteiger charge is -2.41. The first kappa shape index (κ1) is 21.1. The second kappa shape index (κ2) is 8.94. The molecule has 6 heteroatoms. The fraction of sp³-hybridized carbons (Fsp3) is 0.240. The standard InChI is InChI=1S/C25H23F3N2O/c1-17(31)24-22(28)3-2-4-23(24)29-13-15-30(16-14-29)25(18-5-9-20(26)10-6-18)19-7-11-21(27)12-8-19/h2-12,25H,13-16H2,1H3. The summed E-state index contributed by atoms with van der Waals surface area (Å²) in [6.07, 6.45) is 0. The minimum atomic E-state index is -0.511. The molecule has 1 heterocycles. The van der Waals surface area contributed by atoms with Crippen LogP contribution in [0.3, 0.4) is 0 Å². The maximum absolute atomic E-state index is 14.2. The SMILES string of the molecule is CC(=O)c1c(F)cccc1N1CCN(C(c2ccc(F)cc2)c2ccc(F)cc2)CC1.